The summed E-state index contributed by atoms with van der Waals surface area (Å²) in [7, 11) is 0. The zero-order valence-electron chi connectivity index (χ0n) is 7.79. The predicted molar refractivity (Wildman–Crippen MR) is 49.8 cm³/mol. The largest absolute Gasteiger partial charge is 0.288 e. The first-order chi connectivity index (χ1) is 6.19. The summed E-state index contributed by atoms with van der Waals surface area (Å²) in [6.07, 6.45) is 0.951. The summed E-state index contributed by atoms with van der Waals surface area (Å²) >= 11 is 0. The van der Waals surface area contributed by atoms with Crippen molar-refractivity contribution in [2.75, 3.05) is 0 Å². The third-order valence-corrected chi connectivity index (χ3v) is 2.09. The van der Waals surface area contributed by atoms with Gasteiger partial charge in [-0.05, 0) is 36.6 Å². The molecule has 0 fully saturated rings. The first-order valence-corrected chi connectivity index (χ1v) is 4.23. The lowest BCUT2D eigenvalue weighted by molar-refractivity contribution is 0.0706. The van der Waals surface area contributed by atoms with Crippen molar-refractivity contribution in [2.45, 2.75) is 20.3 Å². The Labute approximate surface area is 77.4 Å². The van der Waals surface area contributed by atoms with Crippen LogP contribution in [0.15, 0.2) is 18.2 Å². The molecule has 1 aromatic carbocycles. The topological polar surface area (TPSA) is 49.3 Å². The van der Waals surface area contributed by atoms with Crippen molar-refractivity contribution >= 4 is 5.91 Å². The summed E-state index contributed by atoms with van der Waals surface area (Å²) in [6.45, 7) is 4.01. The minimum absolute atomic E-state index is 0.467. The molecular formula is C10H13NO2. The molecule has 0 heterocycles. The van der Waals surface area contributed by atoms with Gasteiger partial charge in [0, 0.05) is 5.56 Å². The first kappa shape index (κ1) is 9.74. The molecule has 0 aromatic heterocycles. The minimum atomic E-state index is -0.467. The molecule has 0 aliphatic rings. The van der Waals surface area contributed by atoms with Gasteiger partial charge in [0.2, 0.25) is 0 Å². The lowest BCUT2D eigenvalue weighted by Gasteiger charge is -2.04. The van der Waals surface area contributed by atoms with Gasteiger partial charge < -0.3 is 0 Å². The van der Waals surface area contributed by atoms with E-state index in [0.717, 1.165) is 12.0 Å². The predicted octanol–water partition coefficient (Wildman–Crippen LogP) is 1.68. The number of amides is 1. The second-order valence-corrected chi connectivity index (χ2v) is 2.94. The minimum Gasteiger partial charge on any atom is -0.288 e. The van der Waals surface area contributed by atoms with E-state index in [2.05, 4.69) is 6.92 Å². The van der Waals surface area contributed by atoms with Crippen LogP contribution in [0.5, 0.6) is 0 Å². The average Bonchev–Trinajstić information content (AvgIpc) is 2.16. The van der Waals surface area contributed by atoms with E-state index in [9.17, 15) is 4.79 Å². The number of hydrogen-bond acceptors (Lipinski definition) is 2. The number of nitrogens with one attached hydrogen (secondary N) is 1. The van der Waals surface area contributed by atoms with E-state index in [-0.39, 0.29) is 0 Å². The van der Waals surface area contributed by atoms with Gasteiger partial charge in [-0.3, -0.25) is 10.0 Å². The van der Waals surface area contributed by atoms with E-state index in [0.29, 0.717) is 5.56 Å². The van der Waals surface area contributed by atoms with Gasteiger partial charge >= 0.3 is 0 Å². The van der Waals surface area contributed by atoms with E-state index in [1.54, 1.807) is 17.6 Å². The van der Waals surface area contributed by atoms with Gasteiger partial charge in [0.1, 0.15) is 0 Å². The lowest BCUT2D eigenvalue weighted by Crippen LogP contribution is -2.18. The van der Waals surface area contributed by atoms with Crippen LogP contribution in [0.4, 0.5) is 0 Å². The molecule has 0 bridgehead atoms. The van der Waals surface area contributed by atoms with Crippen molar-refractivity contribution < 1.29 is 10.0 Å². The van der Waals surface area contributed by atoms with E-state index in [1.165, 1.54) is 5.56 Å². The Morgan fingerprint density at radius 1 is 1.54 bits per heavy atom. The van der Waals surface area contributed by atoms with Crippen LogP contribution in [0.3, 0.4) is 0 Å². The highest BCUT2D eigenvalue weighted by molar-refractivity contribution is 5.93. The number of aryl methyl sites for hydroxylation is 2. The SMILES string of the molecule is CCc1ccc(C(=O)NO)cc1C. The molecule has 0 radical (unpaired) electrons. The van der Waals surface area contributed by atoms with Crippen molar-refractivity contribution in [3.05, 3.63) is 34.9 Å². The quantitative estimate of drug-likeness (QED) is 0.536. The molecule has 3 heteroatoms. The fourth-order valence-electron chi connectivity index (χ4n) is 1.30. The highest BCUT2D eigenvalue weighted by Crippen LogP contribution is 2.11. The van der Waals surface area contributed by atoms with Crippen molar-refractivity contribution in [1.82, 2.24) is 5.48 Å². The van der Waals surface area contributed by atoms with E-state index in [4.69, 9.17) is 5.21 Å². The van der Waals surface area contributed by atoms with Crippen LogP contribution < -0.4 is 5.48 Å². The highest BCUT2D eigenvalue weighted by atomic mass is 16.5. The molecule has 0 unspecified atom stereocenters. The molecular weight excluding hydrogens is 166 g/mol. The molecule has 0 spiro atoms. The second kappa shape index (κ2) is 4.05. The summed E-state index contributed by atoms with van der Waals surface area (Å²) < 4.78 is 0. The van der Waals surface area contributed by atoms with E-state index >= 15 is 0 Å². The zero-order valence-corrected chi connectivity index (χ0v) is 7.79. The Kier molecular flexibility index (Phi) is 3.03. The van der Waals surface area contributed by atoms with Crippen molar-refractivity contribution in [3.8, 4) is 0 Å². The standard InChI is InChI=1S/C10H13NO2/c1-3-8-4-5-9(6-7(8)2)10(12)11-13/h4-6,13H,3H2,1-2H3,(H,11,12). The van der Waals surface area contributed by atoms with Crippen LogP contribution >= 0.6 is 0 Å². The Bertz CT molecular complexity index is 321. The van der Waals surface area contributed by atoms with Gasteiger partial charge in [0.25, 0.3) is 5.91 Å². The third kappa shape index (κ3) is 2.06. The molecule has 0 saturated carbocycles. The monoisotopic (exact) mass is 179 g/mol. The van der Waals surface area contributed by atoms with Crippen LogP contribution in [-0.2, 0) is 6.42 Å². The molecule has 13 heavy (non-hydrogen) atoms. The van der Waals surface area contributed by atoms with Gasteiger partial charge in [-0.25, -0.2) is 5.48 Å². The molecule has 1 amide bonds. The molecule has 1 aromatic rings. The number of carbonyl (C=O) groups excluding carboxylic acids is 1. The molecule has 0 atom stereocenters. The van der Waals surface area contributed by atoms with Crippen molar-refractivity contribution in [1.29, 1.82) is 0 Å². The Balaban J connectivity index is 3.02. The summed E-state index contributed by atoms with van der Waals surface area (Å²) in [4.78, 5) is 11.0. The molecule has 2 N–H and O–H groups in total. The second-order valence-electron chi connectivity index (χ2n) is 2.94. The summed E-state index contributed by atoms with van der Waals surface area (Å²) in [5.41, 5.74) is 4.38. The smallest absolute Gasteiger partial charge is 0.274 e. The highest BCUT2D eigenvalue weighted by Gasteiger charge is 2.04. The van der Waals surface area contributed by atoms with Crippen molar-refractivity contribution in [3.63, 3.8) is 0 Å². The molecule has 1 rings (SSSR count). The lowest BCUT2D eigenvalue weighted by atomic mass is 10.0. The maximum absolute atomic E-state index is 11.0. The Morgan fingerprint density at radius 2 is 2.23 bits per heavy atom. The maximum atomic E-state index is 11.0. The zero-order chi connectivity index (χ0) is 9.84. The van der Waals surface area contributed by atoms with Gasteiger partial charge in [0.05, 0.1) is 0 Å². The van der Waals surface area contributed by atoms with Crippen LogP contribution in [-0.4, -0.2) is 11.1 Å². The van der Waals surface area contributed by atoms with E-state index in [1.807, 2.05) is 13.0 Å². The molecule has 3 nitrogen and oxygen atoms in total. The number of hydroxylamine groups is 1. The molecule has 70 valence electrons. The maximum Gasteiger partial charge on any atom is 0.274 e. The fourth-order valence-corrected chi connectivity index (χ4v) is 1.30. The van der Waals surface area contributed by atoms with Crippen molar-refractivity contribution in [2.24, 2.45) is 0 Å². The normalized spacial score (nSPS) is 9.77. The summed E-state index contributed by atoms with van der Waals surface area (Å²) in [6, 6.07) is 5.38. The van der Waals surface area contributed by atoms with Gasteiger partial charge in [-0.2, -0.15) is 0 Å². The van der Waals surface area contributed by atoms with Crippen LogP contribution in [0.25, 0.3) is 0 Å². The molecule has 0 aliphatic heterocycles. The summed E-state index contributed by atoms with van der Waals surface area (Å²) in [5.74, 6) is -0.467. The van der Waals surface area contributed by atoms with E-state index < -0.39 is 5.91 Å². The summed E-state index contributed by atoms with van der Waals surface area (Å²) in [5, 5.41) is 8.41. The van der Waals surface area contributed by atoms with Crippen LogP contribution in [0.1, 0.15) is 28.4 Å². The number of benzene rings is 1. The molecule has 0 saturated heterocycles. The Hall–Kier alpha value is -1.35. The number of carbonyl (C=O) groups is 1. The average molecular weight is 179 g/mol. The third-order valence-electron chi connectivity index (χ3n) is 2.09. The van der Waals surface area contributed by atoms with Gasteiger partial charge in [-0.1, -0.05) is 13.0 Å². The Morgan fingerprint density at radius 3 is 2.69 bits per heavy atom. The fraction of sp³-hybridized carbons (Fsp3) is 0.300. The van der Waals surface area contributed by atoms with Crippen LogP contribution in [0, 0.1) is 6.92 Å². The van der Waals surface area contributed by atoms with Gasteiger partial charge in [-0.15, -0.1) is 0 Å². The first-order valence-electron chi connectivity index (χ1n) is 4.23. The number of rotatable bonds is 2. The number of hydrogen-bond donors (Lipinski definition) is 2. The molecule has 0 aliphatic carbocycles. The van der Waals surface area contributed by atoms with Crippen LogP contribution in [0.2, 0.25) is 0 Å². The van der Waals surface area contributed by atoms with Gasteiger partial charge in [0.15, 0.2) is 0 Å².